The minimum absolute atomic E-state index is 0.0661. The van der Waals surface area contributed by atoms with Crippen molar-refractivity contribution in [1.29, 1.82) is 0 Å². The molecule has 0 unspecified atom stereocenters. The van der Waals surface area contributed by atoms with E-state index in [1.54, 1.807) is 7.11 Å². The lowest BCUT2D eigenvalue weighted by atomic mass is 9.55. The number of rotatable bonds is 5. The molecule has 0 heterocycles. The number of allylic oxidation sites excluding steroid dienone is 2. The first-order valence-corrected chi connectivity index (χ1v) is 14.1. The van der Waals surface area contributed by atoms with Crippen molar-refractivity contribution in [2.24, 2.45) is 58.7 Å². The van der Waals surface area contributed by atoms with Crippen molar-refractivity contribution in [2.75, 3.05) is 14.2 Å². The molecule has 1 aromatic rings. The molecule has 5 rings (SSSR count). The Morgan fingerprint density at radius 1 is 1.00 bits per heavy atom. The van der Waals surface area contributed by atoms with Crippen LogP contribution in [0.15, 0.2) is 35.4 Å². The lowest BCUT2D eigenvalue weighted by Crippen LogP contribution is -2.52. The van der Waals surface area contributed by atoms with Gasteiger partial charge in [-0.05, 0) is 79.9 Å². The summed E-state index contributed by atoms with van der Waals surface area (Å²) in [6, 6.07) is 8.01. The summed E-state index contributed by atoms with van der Waals surface area (Å²) in [5.41, 5.74) is 2.81. The maximum Gasteiger partial charge on any atom is 0.310 e. The van der Waals surface area contributed by atoms with Crippen molar-refractivity contribution in [3.05, 3.63) is 41.0 Å². The zero-order valence-electron chi connectivity index (χ0n) is 23.7. The summed E-state index contributed by atoms with van der Waals surface area (Å²) >= 11 is 0. The van der Waals surface area contributed by atoms with E-state index >= 15 is 0 Å². The van der Waals surface area contributed by atoms with Crippen molar-refractivity contribution in [3.8, 4) is 5.75 Å². The molecule has 202 valence electrons. The molecule has 4 aliphatic rings. The van der Waals surface area contributed by atoms with Gasteiger partial charge < -0.3 is 14.2 Å². The number of methoxy groups -OCH3 is 2. The van der Waals surface area contributed by atoms with E-state index in [0.717, 1.165) is 17.7 Å². The topological polar surface area (TPSA) is 61.8 Å². The molecule has 11 atom stereocenters. The van der Waals surface area contributed by atoms with Gasteiger partial charge in [-0.25, -0.2) is 0 Å². The average Bonchev–Trinajstić information content (AvgIpc) is 3.28. The van der Waals surface area contributed by atoms with E-state index in [-0.39, 0.29) is 41.5 Å². The second-order valence-corrected chi connectivity index (χ2v) is 12.8. The van der Waals surface area contributed by atoms with E-state index in [4.69, 9.17) is 14.2 Å². The Kier molecular flexibility index (Phi) is 6.83. The third kappa shape index (κ3) is 3.82. The molecule has 0 aliphatic heterocycles. The van der Waals surface area contributed by atoms with Crippen LogP contribution in [0.4, 0.5) is 0 Å². The van der Waals surface area contributed by atoms with Gasteiger partial charge in [-0.2, -0.15) is 0 Å². The third-order valence-electron chi connectivity index (χ3n) is 10.9. The predicted molar refractivity (Wildman–Crippen MR) is 143 cm³/mol. The van der Waals surface area contributed by atoms with Crippen molar-refractivity contribution >= 4 is 11.8 Å². The van der Waals surface area contributed by atoms with Crippen LogP contribution in [0.5, 0.6) is 5.75 Å². The first kappa shape index (κ1) is 26.5. The van der Waals surface area contributed by atoms with Crippen LogP contribution < -0.4 is 4.74 Å². The summed E-state index contributed by atoms with van der Waals surface area (Å²) in [6.45, 7) is 13.7. The fourth-order valence-electron chi connectivity index (χ4n) is 9.50. The monoisotopic (exact) mass is 508 g/mol. The highest BCUT2D eigenvalue weighted by molar-refractivity contribution is 5.98. The van der Waals surface area contributed by atoms with Crippen molar-refractivity contribution in [2.45, 2.75) is 67.1 Å². The molecule has 0 N–H and O–H groups in total. The molecule has 4 aliphatic carbocycles. The Bertz CT molecular complexity index is 1090. The van der Waals surface area contributed by atoms with E-state index in [9.17, 15) is 9.59 Å². The van der Waals surface area contributed by atoms with Crippen LogP contribution in [-0.4, -0.2) is 32.1 Å². The Hall–Kier alpha value is -2.14. The summed E-state index contributed by atoms with van der Waals surface area (Å²) in [4.78, 5) is 27.6. The number of carbonyl (C=O) groups is 2. The number of benzene rings is 1. The SMILES string of the molecule is COC(=O)[C@H]1[C@H]2[C@H](OCc3ccc(OC)cc3)[C@H]3[C@@H](C[C@H](C)C[C@@H]3C)[C@H]2C(C)=C2[C@H](C)[C@@H](C)C(=O)[C@]21C. The molecule has 0 aromatic heterocycles. The smallest absolute Gasteiger partial charge is 0.310 e. The van der Waals surface area contributed by atoms with Gasteiger partial charge in [0.15, 0.2) is 0 Å². The number of ketones is 1. The molecule has 3 fully saturated rings. The van der Waals surface area contributed by atoms with Crippen LogP contribution in [0, 0.1) is 58.7 Å². The van der Waals surface area contributed by atoms with Gasteiger partial charge in [0, 0.05) is 11.8 Å². The predicted octanol–water partition coefficient (Wildman–Crippen LogP) is 6.11. The summed E-state index contributed by atoms with van der Waals surface area (Å²) in [7, 11) is 3.14. The van der Waals surface area contributed by atoms with E-state index in [0.29, 0.717) is 30.3 Å². The molecule has 0 saturated heterocycles. The molecule has 3 saturated carbocycles. The normalized spacial score (nSPS) is 42.8. The molecule has 0 radical (unpaired) electrons. The Morgan fingerprint density at radius 3 is 2.30 bits per heavy atom. The summed E-state index contributed by atoms with van der Waals surface area (Å²) in [6.07, 6.45) is 2.22. The number of Topliss-reactive ketones (excluding diaryl/α,β-unsaturated/α-hetero) is 1. The lowest BCUT2D eigenvalue weighted by molar-refractivity contribution is -0.161. The van der Waals surface area contributed by atoms with Crippen LogP contribution in [0.25, 0.3) is 0 Å². The van der Waals surface area contributed by atoms with Crippen LogP contribution in [0.1, 0.15) is 59.9 Å². The molecular formula is C32H44O5. The summed E-state index contributed by atoms with van der Waals surface area (Å²) in [5, 5.41) is 0. The molecule has 0 spiro atoms. The second-order valence-electron chi connectivity index (χ2n) is 12.8. The maximum atomic E-state index is 13.9. The van der Waals surface area contributed by atoms with E-state index in [1.807, 2.05) is 38.1 Å². The van der Waals surface area contributed by atoms with Gasteiger partial charge in [-0.3, -0.25) is 9.59 Å². The molecule has 1 aromatic carbocycles. The molecule has 5 heteroatoms. The standard InChI is InChI=1S/C32H44O5/c1-16-13-17(2)24-23(14-16)25-20(5)27-18(3)19(4)30(33)32(27,6)28(31(34)36-8)26(25)29(24)37-15-21-9-11-22(35-7)12-10-21/h9-12,16-19,23-26,28-29H,13-15H2,1-8H3/t16-,17+,18-,19-,23-,24-,25-,26+,28-,29-,32-/m1/s1. The molecule has 0 bridgehead atoms. The molecule has 0 amide bonds. The summed E-state index contributed by atoms with van der Waals surface area (Å²) < 4.78 is 17.7. The minimum atomic E-state index is -0.832. The largest absolute Gasteiger partial charge is 0.497 e. The van der Waals surface area contributed by atoms with Gasteiger partial charge >= 0.3 is 5.97 Å². The highest BCUT2D eigenvalue weighted by Crippen LogP contribution is 2.67. The highest BCUT2D eigenvalue weighted by Gasteiger charge is 2.69. The molecule has 37 heavy (non-hydrogen) atoms. The first-order valence-electron chi connectivity index (χ1n) is 14.1. The van der Waals surface area contributed by atoms with Crippen LogP contribution >= 0.6 is 0 Å². The highest BCUT2D eigenvalue weighted by atomic mass is 16.5. The fraction of sp³-hybridized carbons (Fsp3) is 0.688. The Balaban J connectivity index is 1.62. The Labute approximate surface area is 222 Å². The van der Waals surface area contributed by atoms with Crippen molar-refractivity contribution < 1.29 is 23.8 Å². The average molecular weight is 509 g/mol. The van der Waals surface area contributed by atoms with Gasteiger partial charge in [-0.15, -0.1) is 0 Å². The number of ether oxygens (including phenoxy) is 3. The van der Waals surface area contributed by atoms with Gasteiger partial charge in [-0.1, -0.05) is 51.0 Å². The number of hydrogen-bond donors (Lipinski definition) is 0. The zero-order valence-corrected chi connectivity index (χ0v) is 23.7. The summed E-state index contributed by atoms with van der Waals surface area (Å²) in [5.74, 6) is 2.40. The van der Waals surface area contributed by atoms with Crippen molar-refractivity contribution in [3.63, 3.8) is 0 Å². The van der Waals surface area contributed by atoms with Crippen molar-refractivity contribution in [1.82, 2.24) is 0 Å². The molecular weight excluding hydrogens is 464 g/mol. The Morgan fingerprint density at radius 2 is 1.68 bits per heavy atom. The molecule has 5 nitrogen and oxygen atoms in total. The van der Waals surface area contributed by atoms with E-state index in [2.05, 4.69) is 27.7 Å². The first-order chi connectivity index (χ1) is 17.6. The second kappa shape index (κ2) is 9.55. The number of carbonyl (C=O) groups excluding carboxylic acids is 2. The lowest BCUT2D eigenvalue weighted by Gasteiger charge is -2.47. The maximum absolute atomic E-state index is 13.9. The number of fused-ring (bicyclic) bond motifs is 4. The third-order valence-corrected chi connectivity index (χ3v) is 10.9. The van der Waals surface area contributed by atoms with Gasteiger partial charge in [0.2, 0.25) is 0 Å². The van der Waals surface area contributed by atoms with Gasteiger partial charge in [0.1, 0.15) is 11.5 Å². The number of esters is 1. The van der Waals surface area contributed by atoms with Gasteiger partial charge in [0.25, 0.3) is 0 Å². The van der Waals surface area contributed by atoms with E-state index in [1.165, 1.54) is 24.7 Å². The van der Waals surface area contributed by atoms with E-state index < -0.39 is 11.3 Å². The fourth-order valence-corrected chi connectivity index (χ4v) is 9.50. The van der Waals surface area contributed by atoms with Crippen LogP contribution in [0.2, 0.25) is 0 Å². The zero-order chi connectivity index (χ0) is 26.8. The number of hydrogen-bond acceptors (Lipinski definition) is 5. The van der Waals surface area contributed by atoms with Crippen LogP contribution in [-0.2, 0) is 25.7 Å². The quantitative estimate of drug-likeness (QED) is 0.355. The van der Waals surface area contributed by atoms with Gasteiger partial charge in [0.05, 0.1) is 38.3 Å². The van der Waals surface area contributed by atoms with Crippen LogP contribution in [0.3, 0.4) is 0 Å². The minimum Gasteiger partial charge on any atom is -0.497 e.